The van der Waals surface area contributed by atoms with Crippen molar-refractivity contribution in [1.29, 1.82) is 5.41 Å². The Hall–Kier alpha value is -3.08. The van der Waals surface area contributed by atoms with Gasteiger partial charge in [0.2, 0.25) is 11.8 Å². The van der Waals surface area contributed by atoms with Crippen LogP contribution in [0.4, 0.5) is 8.78 Å². The molecule has 1 aromatic rings. The Balaban J connectivity index is 1.66. The largest absolute Gasteiger partial charge is 0.480 e. The van der Waals surface area contributed by atoms with Crippen molar-refractivity contribution in [1.82, 2.24) is 15.5 Å². The van der Waals surface area contributed by atoms with E-state index in [1.807, 2.05) is 0 Å². The number of amidine groups is 1. The SMILES string of the molecule is N=C(N)c1cc(F)c(CNC(=O)[C@@H]2CCCN2C(=O)[C@@H](CC2CCCCC2)NCC(=O)O)c(F)c1. The molecule has 192 valence electrons. The first-order valence-corrected chi connectivity index (χ1v) is 12.0. The number of nitrogens with zero attached hydrogens (tertiary/aromatic N) is 1. The Morgan fingerprint density at radius 2 is 1.77 bits per heavy atom. The molecule has 6 N–H and O–H groups in total. The lowest BCUT2D eigenvalue weighted by Crippen LogP contribution is -2.53. The lowest BCUT2D eigenvalue weighted by atomic mass is 9.84. The summed E-state index contributed by atoms with van der Waals surface area (Å²) in [6.07, 6.45) is 6.81. The number of hydrogen-bond donors (Lipinski definition) is 5. The van der Waals surface area contributed by atoms with Crippen LogP contribution in [-0.2, 0) is 20.9 Å². The number of amides is 2. The summed E-state index contributed by atoms with van der Waals surface area (Å²) in [5.74, 6) is -3.93. The maximum Gasteiger partial charge on any atom is 0.317 e. The first kappa shape index (κ1) is 26.5. The molecule has 0 radical (unpaired) electrons. The summed E-state index contributed by atoms with van der Waals surface area (Å²) < 4.78 is 28.6. The van der Waals surface area contributed by atoms with E-state index in [1.165, 1.54) is 4.90 Å². The zero-order valence-electron chi connectivity index (χ0n) is 19.6. The molecule has 1 saturated heterocycles. The van der Waals surface area contributed by atoms with Gasteiger partial charge in [-0.2, -0.15) is 0 Å². The maximum absolute atomic E-state index is 14.3. The highest BCUT2D eigenvalue weighted by Gasteiger charge is 2.38. The van der Waals surface area contributed by atoms with Crippen LogP contribution in [0.1, 0.15) is 62.5 Å². The van der Waals surface area contributed by atoms with Gasteiger partial charge in [0.05, 0.1) is 12.6 Å². The molecule has 2 fully saturated rings. The van der Waals surface area contributed by atoms with Gasteiger partial charge < -0.3 is 21.1 Å². The van der Waals surface area contributed by atoms with Gasteiger partial charge in [-0.1, -0.05) is 32.1 Å². The van der Waals surface area contributed by atoms with Crippen LogP contribution in [0, 0.1) is 23.0 Å². The van der Waals surface area contributed by atoms with Crippen molar-refractivity contribution in [3.8, 4) is 0 Å². The van der Waals surface area contributed by atoms with Crippen molar-refractivity contribution in [3.63, 3.8) is 0 Å². The molecule has 0 unspecified atom stereocenters. The number of carbonyl (C=O) groups is 3. The summed E-state index contributed by atoms with van der Waals surface area (Å²) in [5.41, 5.74) is 4.82. The maximum atomic E-state index is 14.3. The monoisotopic (exact) mass is 493 g/mol. The minimum absolute atomic E-state index is 0.0968. The van der Waals surface area contributed by atoms with Crippen molar-refractivity contribution in [2.45, 2.75) is 70.0 Å². The van der Waals surface area contributed by atoms with E-state index in [2.05, 4.69) is 10.6 Å². The van der Waals surface area contributed by atoms with Crippen LogP contribution in [0.2, 0.25) is 0 Å². The fourth-order valence-electron chi connectivity index (χ4n) is 4.96. The number of rotatable bonds is 10. The molecule has 1 aliphatic heterocycles. The Morgan fingerprint density at radius 1 is 1.11 bits per heavy atom. The summed E-state index contributed by atoms with van der Waals surface area (Å²) in [6.45, 7) is -0.429. The van der Waals surface area contributed by atoms with Crippen molar-refractivity contribution < 1.29 is 28.3 Å². The molecule has 0 spiro atoms. The lowest BCUT2D eigenvalue weighted by Gasteiger charge is -2.31. The number of halogens is 2. The van der Waals surface area contributed by atoms with Crippen molar-refractivity contribution in [2.75, 3.05) is 13.1 Å². The molecule has 2 atom stereocenters. The average Bonchev–Trinajstić information content (AvgIpc) is 3.31. The molecule has 1 aromatic carbocycles. The second-order valence-electron chi connectivity index (χ2n) is 9.31. The van der Waals surface area contributed by atoms with E-state index in [1.54, 1.807) is 0 Å². The number of likely N-dealkylation sites (tertiary alicyclic amines) is 1. The van der Waals surface area contributed by atoms with E-state index >= 15 is 0 Å². The van der Waals surface area contributed by atoms with Gasteiger partial charge in [0.1, 0.15) is 23.5 Å². The molecule has 2 amide bonds. The van der Waals surface area contributed by atoms with Crippen LogP contribution in [-0.4, -0.2) is 58.8 Å². The Bertz CT molecular complexity index is 944. The molecule has 9 nitrogen and oxygen atoms in total. The third-order valence-electron chi connectivity index (χ3n) is 6.82. The third kappa shape index (κ3) is 6.97. The van der Waals surface area contributed by atoms with Crippen LogP contribution >= 0.6 is 0 Å². The van der Waals surface area contributed by atoms with E-state index in [0.717, 1.165) is 44.2 Å². The molecule has 0 aromatic heterocycles. The predicted molar refractivity (Wildman–Crippen MR) is 125 cm³/mol. The van der Waals surface area contributed by atoms with E-state index in [-0.39, 0.29) is 23.6 Å². The number of nitrogen functional groups attached to an aromatic ring is 1. The number of hydrogen-bond acceptors (Lipinski definition) is 5. The van der Waals surface area contributed by atoms with Gasteiger partial charge in [-0.05, 0) is 37.3 Å². The van der Waals surface area contributed by atoms with Gasteiger partial charge in [0, 0.05) is 24.2 Å². The van der Waals surface area contributed by atoms with Crippen molar-refractivity contribution in [3.05, 3.63) is 34.9 Å². The van der Waals surface area contributed by atoms with Gasteiger partial charge in [-0.15, -0.1) is 0 Å². The fourth-order valence-corrected chi connectivity index (χ4v) is 4.96. The highest BCUT2D eigenvalue weighted by atomic mass is 19.1. The van der Waals surface area contributed by atoms with Crippen LogP contribution in [0.25, 0.3) is 0 Å². The first-order valence-electron chi connectivity index (χ1n) is 12.0. The Kier molecular flexibility index (Phi) is 9.13. The standard InChI is InChI=1S/C24H33F2N5O4/c25-17-10-15(22(27)28)11-18(26)16(17)12-30-23(34)20-7-4-8-31(20)24(35)19(29-13-21(32)33)9-14-5-2-1-3-6-14/h10-11,14,19-20,29H,1-9,12-13H2,(H3,27,28)(H,30,34)(H,32,33)/t19-,20+/m1/s1. The number of nitrogens with one attached hydrogen (secondary N) is 3. The minimum atomic E-state index is -1.07. The zero-order chi connectivity index (χ0) is 25.5. The van der Waals surface area contributed by atoms with Crippen LogP contribution < -0.4 is 16.4 Å². The number of nitrogens with two attached hydrogens (primary N) is 1. The summed E-state index contributed by atoms with van der Waals surface area (Å²) in [7, 11) is 0. The molecule has 0 bridgehead atoms. The topological polar surface area (TPSA) is 149 Å². The second kappa shape index (κ2) is 12.1. The van der Waals surface area contributed by atoms with Gasteiger partial charge in [0.15, 0.2) is 0 Å². The quantitative estimate of drug-likeness (QED) is 0.248. The molecule has 3 rings (SSSR count). The molecule has 1 aliphatic carbocycles. The number of carboxylic acid groups (broad SMARTS) is 1. The zero-order valence-corrected chi connectivity index (χ0v) is 19.6. The highest BCUT2D eigenvalue weighted by Crippen LogP contribution is 2.29. The normalized spacial score (nSPS) is 19.4. The van der Waals surface area contributed by atoms with E-state index in [4.69, 9.17) is 16.2 Å². The van der Waals surface area contributed by atoms with E-state index < -0.39 is 48.0 Å². The smallest absolute Gasteiger partial charge is 0.317 e. The van der Waals surface area contributed by atoms with Gasteiger partial charge in [-0.3, -0.25) is 25.1 Å². The lowest BCUT2D eigenvalue weighted by molar-refractivity contribution is -0.141. The first-order chi connectivity index (χ1) is 16.7. The molecular formula is C24H33F2N5O4. The van der Waals surface area contributed by atoms with Crippen molar-refractivity contribution >= 4 is 23.6 Å². The third-order valence-corrected chi connectivity index (χ3v) is 6.82. The number of carboxylic acids is 1. The van der Waals surface area contributed by atoms with Gasteiger partial charge in [-0.25, -0.2) is 8.78 Å². The van der Waals surface area contributed by atoms with Crippen LogP contribution in [0.3, 0.4) is 0 Å². The summed E-state index contributed by atoms with van der Waals surface area (Å²) in [4.78, 5) is 38.8. The molecule has 11 heteroatoms. The fraction of sp³-hybridized carbons (Fsp3) is 0.583. The summed E-state index contributed by atoms with van der Waals surface area (Å²) in [5, 5.41) is 21.8. The molecule has 35 heavy (non-hydrogen) atoms. The number of carbonyl (C=O) groups excluding carboxylic acids is 2. The number of benzene rings is 1. The van der Waals surface area contributed by atoms with Gasteiger partial charge in [0.25, 0.3) is 0 Å². The Morgan fingerprint density at radius 3 is 2.37 bits per heavy atom. The van der Waals surface area contributed by atoms with Crippen molar-refractivity contribution in [2.24, 2.45) is 11.7 Å². The molecule has 2 aliphatic rings. The second-order valence-corrected chi connectivity index (χ2v) is 9.31. The molecular weight excluding hydrogens is 460 g/mol. The number of aliphatic carboxylic acids is 1. The summed E-state index contributed by atoms with van der Waals surface area (Å²) >= 11 is 0. The highest BCUT2D eigenvalue weighted by molar-refractivity contribution is 5.95. The molecule has 1 saturated carbocycles. The average molecular weight is 494 g/mol. The van der Waals surface area contributed by atoms with E-state index in [0.29, 0.717) is 31.7 Å². The van der Waals surface area contributed by atoms with E-state index in [9.17, 15) is 23.2 Å². The van der Waals surface area contributed by atoms with Gasteiger partial charge >= 0.3 is 5.97 Å². The van der Waals surface area contributed by atoms with Crippen LogP contribution in [0.15, 0.2) is 12.1 Å². The molecule has 1 heterocycles. The van der Waals surface area contributed by atoms with Crippen LogP contribution in [0.5, 0.6) is 0 Å². The Labute approximate surface area is 202 Å². The minimum Gasteiger partial charge on any atom is -0.480 e. The summed E-state index contributed by atoms with van der Waals surface area (Å²) in [6, 6.07) is 0.354. The predicted octanol–water partition coefficient (Wildman–Crippen LogP) is 1.87.